The van der Waals surface area contributed by atoms with Gasteiger partial charge in [-0.15, -0.1) is 0 Å². The van der Waals surface area contributed by atoms with E-state index in [1.54, 1.807) is 0 Å². The molecular formula is C13H24N2O. The lowest BCUT2D eigenvalue weighted by Crippen LogP contribution is -2.44. The van der Waals surface area contributed by atoms with Crippen molar-refractivity contribution in [2.75, 3.05) is 32.8 Å². The Hall–Kier alpha value is -0.120. The largest absolute Gasteiger partial charge is 0.381 e. The van der Waals surface area contributed by atoms with Crippen molar-refractivity contribution in [2.45, 2.75) is 44.2 Å². The van der Waals surface area contributed by atoms with E-state index in [0.717, 1.165) is 31.2 Å². The minimum Gasteiger partial charge on any atom is -0.381 e. The van der Waals surface area contributed by atoms with Crippen molar-refractivity contribution >= 4 is 0 Å². The van der Waals surface area contributed by atoms with Crippen molar-refractivity contribution in [1.82, 2.24) is 10.2 Å². The Balaban J connectivity index is 1.33. The van der Waals surface area contributed by atoms with E-state index >= 15 is 0 Å². The van der Waals surface area contributed by atoms with E-state index in [-0.39, 0.29) is 0 Å². The molecule has 3 fully saturated rings. The zero-order valence-electron chi connectivity index (χ0n) is 10.2. The number of rotatable bonds is 4. The fourth-order valence-electron chi connectivity index (χ4n) is 2.99. The van der Waals surface area contributed by atoms with Crippen LogP contribution in [0.25, 0.3) is 0 Å². The van der Waals surface area contributed by atoms with Crippen molar-refractivity contribution in [3.63, 3.8) is 0 Å². The van der Waals surface area contributed by atoms with Crippen LogP contribution >= 0.6 is 0 Å². The zero-order valence-corrected chi connectivity index (χ0v) is 10.2. The second kappa shape index (κ2) is 5.03. The molecule has 3 heteroatoms. The monoisotopic (exact) mass is 224 g/mol. The Morgan fingerprint density at radius 1 is 1.06 bits per heavy atom. The highest BCUT2D eigenvalue weighted by molar-refractivity contribution is 4.89. The molecule has 0 radical (unpaired) electrons. The lowest BCUT2D eigenvalue weighted by atomic mass is 10.0. The third-order valence-electron chi connectivity index (χ3n) is 4.31. The molecule has 2 aliphatic heterocycles. The molecule has 2 heterocycles. The minimum absolute atomic E-state index is 0.774. The van der Waals surface area contributed by atoms with Gasteiger partial charge in [-0.25, -0.2) is 0 Å². The number of hydrogen-bond acceptors (Lipinski definition) is 3. The highest BCUT2D eigenvalue weighted by Crippen LogP contribution is 2.29. The van der Waals surface area contributed by atoms with E-state index in [1.165, 1.54) is 51.7 Å². The summed E-state index contributed by atoms with van der Waals surface area (Å²) in [6, 6.07) is 1.74. The van der Waals surface area contributed by atoms with Gasteiger partial charge < -0.3 is 15.0 Å². The molecule has 3 aliphatic rings. The molecule has 1 aliphatic carbocycles. The second-order valence-corrected chi connectivity index (χ2v) is 5.68. The molecule has 0 aromatic heterocycles. The molecule has 0 amide bonds. The van der Waals surface area contributed by atoms with Gasteiger partial charge in [0.15, 0.2) is 0 Å². The van der Waals surface area contributed by atoms with Gasteiger partial charge in [0.25, 0.3) is 0 Å². The van der Waals surface area contributed by atoms with Gasteiger partial charge in [-0.05, 0) is 51.1 Å². The van der Waals surface area contributed by atoms with Crippen LogP contribution in [-0.2, 0) is 4.74 Å². The highest BCUT2D eigenvalue weighted by atomic mass is 16.5. The summed E-state index contributed by atoms with van der Waals surface area (Å²) in [5.74, 6) is 0.779. The summed E-state index contributed by atoms with van der Waals surface area (Å²) >= 11 is 0. The molecule has 0 aromatic rings. The van der Waals surface area contributed by atoms with Crippen LogP contribution in [0, 0.1) is 5.92 Å². The predicted octanol–water partition coefficient (Wildman–Crippen LogP) is 1.24. The summed E-state index contributed by atoms with van der Waals surface area (Å²) in [5.41, 5.74) is 0. The Morgan fingerprint density at radius 3 is 2.50 bits per heavy atom. The fourth-order valence-corrected chi connectivity index (χ4v) is 2.99. The molecule has 92 valence electrons. The third-order valence-corrected chi connectivity index (χ3v) is 4.31. The first kappa shape index (κ1) is 11.0. The van der Waals surface area contributed by atoms with Crippen molar-refractivity contribution in [3.05, 3.63) is 0 Å². The average Bonchev–Trinajstić information content (AvgIpc) is 3.05. The molecular weight excluding hydrogens is 200 g/mol. The fraction of sp³-hybridized carbons (Fsp3) is 1.00. The van der Waals surface area contributed by atoms with Crippen molar-refractivity contribution in [1.29, 1.82) is 0 Å². The van der Waals surface area contributed by atoms with Crippen LogP contribution in [0.15, 0.2) is 0 Å². The van der Waals surface area contributed by atoms with Crippen LogP contribution in [-0.4, -0.2) is 49.8 Å². The summed E-state index contributed by atoms with van der Waals surface area (Å²) in [6.07, 6.45) is 6.87. The van der Waals surface area contributed by atoms with E-state index in [0.29, 0.717) is 0 Å². The molecule has 16 heavy (non-hydrogen) atoms. The Kier molecular flexibility index (Phi) is 3.46. The van der Waals surface area contributed by atoms with Crippen LogP contribution in [0.2, 0.25) is 0 Å². The van der Waals surface area contributed by atoms with Gasteiger partial charge >= 0.3 is 0 Å². The standard InChI is InChI=1S/C13H24N2O/c1-2-13(1)15-6-3-12(4-7-15)14-9-11-5-8-16-10-11/h11-14H,1-10H2. The number of likely N-dealkylation sites (tertiary alicyclic amines) is 1. The molecule has 0 spiro atoms. The molecule has 1 N–H and O–H groups in total. The van der Waals surface area contributed by atoms with Crippen LogP contribution in [0.1, 0.15) is 32.1 Å². The summed E-state index contributed by atoms with van der Waals surface area (Å²) in [7, 11) is 0. The first-order valence-corrected chi connectivity index (χ1v) is 6.97. The number of nitrogens with zero attached hydrogens (tertiary/aromatic N) is 1. The normalized spacial score (nSPS) is 33.4. The van der Waals surface area contributed by atoms with E-state index in [2.05, 4.69) is 10.2 Å². The van der Waals surface area contributed by atoms with E-state index < -0.39 is 0 Å². The number of ether oxygens (including phenoxy) is 1. The molecule has 1 unspecified atom stereocenters. The number of piperidine rings is 1. The number of nitrogens with one attached hydrogen (secondary N) is 1. The molecule has 2 saturated heterocycles. The minimum atomic E-state index is 0.774. The first-order chi connectivity index (χ1) is 7.92. The molecule has 3 rings (SSSR count). The van der Waals surface area contributed by atoms with Crippen LogP contribution in [0.4, 0.5) is 0 Å². The molecule has 1 atom stereocenters. The maximum absolute atomic E-state index is 5.41. The Labute approximate surface area is 98.5 Å². The molecule has 3 nitrogen and oxygen atoms in total. The van der Waals surface area contributed by atoms with Gasteiger partial charge in [0.05, 0.1) is 6.61 Å². The summed E-state index contributed by atoms with van der Waals surface area (Å²) in [4.78, 5) is 2.69. The van der Waals surface area contributed by atoms with Crippen molar-refractivity contribution < 1.29 is 4.74 Å². The van der Waals surface area contributed by atoms with Crippen LogP contribution in [0.5, 0.6) is 0 Å². The lowest BCUT2D eigenvalue weighted by molar-refractivity contribution is 0.174. The van der Waals surface area contributed by atoms with E-state index in [9.17, 15) is 0 Å². The topological polar surface area (TPSA) is 24.5 Å². The first-order valence-electron chi connectivity index (χ1n) is 6.97. The van der Waals surface area contributed by atoms with Crippen LogP contribution < -0.4 is 5.32 Å². The summed E-state index contributed by atoms with van der Waals surface area (Å²) in [6.45, 7) is 5.78. The third kappa shape index (κ3) is 2.76. The summed E-state index contributed by atoms with van der Waals surface area (Å²) in [5, 5.41) is 3.74. The maximum atomic E-state index is 5.41. The molecule has 0 aromatic carbocycles. The highest BCUT2D eigenvalue weighted by Gasteiger charge is 2.31. The molecule has 1 saturated carbocycles. The van der Waals surface area contributed by atoms with Crippen molar-refractivity contribution in [2.24, 2.45) is 5.92 Å². The average molecular weight is 224 g/mol. The van der Waals surface area contributed by atoms with E-state index in [1.807, 2.05) is 0 Å². The molecule has 0 bridgehead atoms. The van der Waals surface area contributed by atoms with Crippen LogP contribution in [0.3, 0.4) is 0 Å². The number of hydrogen-bond donors (Lipinski definition) is 1. The second-order valence-electron chi connectivity index (χ2n) is 5.68. The van der Waals surface area contributed by atoms with Gasteiger partial charge in [0.1, 0.15) is 0 Å². The van der Waals surface area contributed by atoms with E-state index in [4.69, 9.17) is 4.74 Å². The Bertz CT molecular complexity index is 216. The summed E-state index contributed by atoms with van der Waals surface area (Å²) < 4.78 is 5.41. The Morgan fingerprint density at radius 2 is 1.88 bits per heavy atom. The van der Waals surface area contributed by atoms with Gasteiger partial charge in [0, 0.05) is 25.2 Å². The van der Waals surface area contributed by atoms with Gasteiger partial charge in [-0.1, -0.05) is 0 Å². The smallest absolute Gasteiger partial charge is 0.0507 e. The lowest BCUT2D eigenvalue weighted by Gasteiger charge is -2.32. The quantitative estimate of drug-likeness (QED) is 0.777. The maximum Gasteiger partial charge on any atom is 0.0507 e. The van der Waals surface area contributed by atoms with Gasteiger partial charge in [-0.3, -0.25) is 0 Å². The zero-order chi connectivity index (χ0) is 10.8. The SMILES string of the molecule is C1CC(CNC2CCN(C3CC3)CC2)CO1. The van der Waals surface area contributed by atoms with Gasteiger partial charge in [0.2, 0.25) is 0 Å². The van der Waals surface area contributed by atoms with Gasteiger partial charge in [-0.2, -0.15) is 0 Å². The van der Waals surface area contributed by atoms with Crippen molar-refractivity contribution in [3.8, 4) is 0 Å². The predicted molar refractivity (Wildman–Crippen MR) is 64.5 cm³/mol.